The quantitative estimate of drug-likeness (QED) is 0.157. The molecule has 318 valence electrons. The van der Waals surface area contributed by atoms with E-state index in [4.69, 9.17) is 0 Å². The molecule has 0 amide bonds. The number of para-hydroxylation sites is 2. The molecule has 0 unspecified atom stereocenters. The fourth-order valence-corrected chi connectivity index (χ4v) is 12.9. The summed E-state index contributed by atoms with van der Waals surface area (Å²) in [6.45, 7) is 8.84. The predicted octanol–water partition coefficient (Wildman–Crippen LogP) is 15.2. The van der Waals surface area contributed by atoms with Crippen molar-refractivity contribution in [3.63, 3.8) is 0 Å². The van der Waals surface area contributed by atoms with Crippen molar-refractivity contribution in [2.75, 3.05) is 0 Å². The molecule has 3 aromatic heterocycles. The molecule has 0 radical (unpaired) electrons. The Hall–Kier alpha value is -8.34. The summed E-state index contributed by atoms with van der Waals surface area (Å²) in [5.41, 5.74) is 27.8. The topological polar surface area (TPSA) is 14.8 Å². The van der Waals surface area contributed by atoms with Crippen LogP contribution in [0, 0.1) is 27.7 Å². The van der Waals surface area contributed by atoms with Gasteiger partial charge in [0.25, 0.3) is 0 Å². The molecule has 0 aliphatic carbocycles. The van der Waals surface area contributed by atoms with Crippen molar-refractivity contribution in [3.05, 3.63) is 216 Å². The Labute approximate surface area is 394 Å². The number of aromatic nitrogens is 3. The molecule has 0 spiro atoms. The molecule has 2 aliphatic rings. The highest BCUT2D eigenvalue weighted by atomic mass is 15.0. The summed E-state index contributed by atoms with van der Waals surface area (Å²) in [6.07, 6.45) is 0. The minimum absolute atomic E-state index is 0.0991. The third-order valence-corrected chi connectivity index (χ3v) is 15.5. The van der Waals surface area contributed by atoms with Gasteiger partial charge in [0.1, 0.15) is 0 Å². The number of hydrogen-bond acceptors (Lipinski definition) is 0. The largest absolute Gasteiger partial charge is 0.375 e. The average molecular weight is 866 g/mol. The molecule has 0 N–H and O–H groups in total. The molecule has 0 saturated carbocycles. The van der Waals surface area contributed by atoms with Gasteiger partial charge in [-0.15, -0.1) is 0 Å². The van der Waals surface area contributed by atoms with Crippen LogP contribution in [0.2, 0.25) is 0 Å². The summed E-state index contributed by atoms with van der Waals surface area (Å²) in [5, 5.41) is 7.70. The lowest BCUT2D eigenvalue weighted by Gasteiger charge is -2.35. The fraction of sp³-hybridized carbons (Fsp3) is 0.0625. The van der Waals surface area contributed by atoms with Crippen LogP contribution in [-0.4, -0.2) is 20.5 Å². The maximum absolute atomic E-state index is 2.74. The summed E-state index contributed by atoms with van der Waals surface area (Å²) in [6, 6.07) is 73.7. The molecule has 13 aromatic rings. The summed E-state index contributed by atoms with van der Waals surface area (Å²) >= 11 is 0. The Morgan fingerprint density at radius 2 is 0.971 bits per heavy atom. The van der Waals surface area contributed by atoms with Crippen molar-refractivity contribution in [1.82, 2.24) is 13.6 Å². The second-order valence-electron chi connectivity index (χ2n) is 19.5. The minimum atomic E-state index is -0.0991. The lowest BCUT2D eigenvalue weighted by Crippen LogP contribution is -2.55. The zero-order chi connectivity index (χ0) is 45.1. The smallest absolute Gasteiger partial charge is 0.333 e. The first kappa shape index (κ1) is 37.8. The molecule has 0 fully saturated rings. The van der Waals surface area contributed by atoms with Crippen LogP contribution in [0.5, 0.6) is 0 Å². The fourth-order valence-electron chi connectivity index (χ4n) is 12.9. The van der Waals surface area contributed by atoms with E-state index in [1.807, 2.05) is 0 Å². The number of fused-ring (bicyclic) bond motifs is 14. The second kappa shape index (κ2) is 13.6. The number of hydrogen-bond donors (Lipinski definition) is 0. The van der Waals surface area contributed by atoms with Crippen molar-refractivity contribution >= 4 is 83.2 Å². The minimum Gasteiger partial charge on any atom is -0.375 e. The van der Waals surface area contributed by atoms with Gasteiger partial charge in [-0.05, 0) is 160 Å². The first-order chi connectivity index (χ1) is 33.4. The van der Waals surface area contributed by atoms with Crippen LogP contribution in [0.25, 0.3) is 121 Å². The van der Waals surface area contributed by atoms with Crippen molar-refractivity contribution in [2.45, 2.75) is 27.7 Å². The van der Waals surface area contributed by atoms with Crippen molar-refractivity contribution in [1.29, 1.82) is 0 Å². The zero-order valence-corrected chi connectivity index (χ0v) is 38.4. The number of aryl methyl sites for hydroxylation is 4. The number of nitrogens with zero attached hydrogens (tertiary/aromatic N) is 3. The molecule has 4 heteroatoms. The summed E-state index contributed by atoms with van der Waals surface area (Å²) in [5.74, 6) is 0. The Balaban J connectivity index is 1.16. The summed E-state index contributed by atoms with van der Waals surface area (Å²) in [7, 11) is 0. The van der Waals surface area contributed by atoms with Gasteiger partial charge in [-0.1, -0.05) is 133 Å². The first-order valence-electron chi connectivity index (χ1n) is 24.0. The number of rotatable bonds is 4. The van der Waals surface area contributed by atoms with E-state index in [1.54, 1.807) is 0 Å². The van der Waals surface area contributed by atoms with E-state index in [9.17, 15) is 0 Å². The molecule has 15 rings (SSSR count). The molecule has 5 heterocycles. The highest BCUT2D eigenvalue weighted by Gasteiger charge is 2.43. The lowest BCUT2D eigenvalue weighted by molar-refractivity contribution is 1.16. The first-order valence-corrected chi connectivity index (χ1v) is 24.0. The Morgan fingerprint density at radius 3 is 1.69 bits per heavy atom. The Bertz CT molecular complexity index is 4310. The number of benzene rings is 10. The second-order valence-corrected chi connectivity index (χ2v) is 19.5. The predicted molar refractivity (Wildman–Crippen MR) is 289 cm³/mol. The van der Waals surface area contributed by atoms with Crippen LogP contribution in [-0.2, 0) is 0 Å². The molecule has 10 aromatic carbocycles. The summed E-state index contributed by atoms with van der Waals surface area (Å²) in [4.78, 5) is 0. The molecule has 3 nitrogen and oxygen atoms in total. The molecule has 0 atom stereocenters. The van der Waals surface area contributed by atoms with Crippen LogP contribution in [0.15, 0.2) is 194 Å². The van der Waals surface area contributed by atoms with E-state index >= 15 is 0 Å². The van der Waals surface area contributed by atoms with Gasteiger partial charge >= 0.3 is 6.85 Å². The average Bonchev–Trinajstić information content (AvgIpc) is 4.00. The van der Waals surface area contributed by atoms with Crippen LogP contribution < -0.4 is 10.9 Å². The van der Waals surface area contributed by atoms with Crippen LogP contribution in [0.1, 0.15) is 22.3 Å². The molecule has 0 bridgehead atoms. The van der Waals surface area contributed by atoms with Gasteiger partial charge in [-0.2, -0.15) is 0 Å². The lowest BCUT2D eigenvalue weighted by atomic mass is 9.45. The van der Waals surface area contributed by atoms with Crippen LogP contribution in [0.3, 0.4) is 0 Å². The molecular formula is C64H44BN3. The monoisotopic (exact) mass is 865 g/mol. The van der Waals surface area contributed by atoms with E-state index in [-0.39, 0.29) is 6.85 Å². The van der Waals surface area contributed by atoms with Crippen molar-refractivity contribution in [2.24, 2.45) is 0 Å². The van der Waals surface area contributed by atoms with Gasteiger partial charge in [-0.3, -0.25) is 0 Å². The van der Waals surface area contributed by atoms with Crippen molar-refractivity contribution < 1.29 is 0 Å². The van der Waals surface area contributed by atoms with Gasteiger partial charge in [0.05, 0.1) is 22.1 Å². The maximum Gasteiger partial charge on any atom is 0.333 e. The normalized spacial score (nSPS) is 12.7. The zero-order valence-electron chi connectivity index (χ0n) is 38.4. The summed E-state index contributed by atoms with van der Waals surface area (Å²) < 4.78 is 7.93. The highest BCUT2D eigenvalue weighted by Crippen LogP contribution is 2.49. The van der Waals surface area contributed by atoms with Crippen LogP contribution in [0.4, 0.5) is 0 Å². The molecular weight excluding hydrogens is 822 g/mol. The third-order valence-electron chi connectivity index (χ3n) is 15.5. The Morgan fingerprint density at radius 1 is 0.368 bits per heavy atom. The van der Waals surface area contributed by atoms with Gasteiger partial charge in [-0.25, -0.2) is 0 Å². The molecule has 0 saturated heterocycles. The molecule has 68 heavy (non-hydrogen) atoms. The van der Waals surface area contributed by atoms with Crippen molar-refractivity contribution in [3.8, 4) is 55.9 Å². The SMILES string of the molecule is Cc1cc(C)cc(-n2c3ccccc3c3cc4c5c(c6ccccc6n5-c5cc(-c6ccccc6)cc6c5B4n4c5ccc(-c7c(C)cccc7C)cc5c5cc(-c7ccccc7)cc-6c54)c32)c1. The highest BCUT2D eigenvalue weighted by molar-refractivity contribution is 6.90. The molecule has 2 aliphatic heterocycles. The van der Waals surface area contributed by atoms with E-state index in [2.05, 4.69) is 235 Å². The standard InChI is InChI=1S/C64H44BN3/c1-37-28-38(2)30-46(29-37)66-55-24-13-11-22-47(55)53-36-54-64-60(63(53)66)48-23-12-14-25-56(48)67(64)58-35-45(42-20-9-6-10-21-42)32-50-52-34-44(41-18-7-5-8-19-41)33-51-49-31-43(59-39(3)16-15-17-40(59)4)26-27-57(49)68(62(51)52)65(54)61(50)58/h5-36H,1-4H3. The van der Waals surface area contributed by atoms with Crippen LogP contribution >= 0.6 is 0 Å². The van der Waals surface area contributed by atoms with E-state index in [1.165, 1.54) is 154 Å². The van der Waals surface area contributed by atoms with Gasteiger partial charge in [0.15, 0.2) is 0 Å². The van der Waals surface area contributed by atoms with E-state index in [0.29, 0.717) is 0 Å². The van der Waals surface area contributed by atoms with E-state index in [0.717, 1.165) is 0 Å². The maximum atomic E-state index is 2.74. The third kappa shape index (κ3) is 4.99. The van der Waals surface area contributed by atoms with Gasteiger partial charge < -0.3 is 13.6 Å². The van der Waals surface area contributed by atoms with Gasteiger partial charge in [0, 0.05) is 60.3 Å². The van der Waals surface area contributed by atoms with Gasteiger partial charge in [0.2, 0.25) is 0 Å². The Kier molecular flexibility index (Phi) is 7.58. The van der Waals surface area contributed by atoms with E-state index < -0.39 is 0 Å².